The maximum absolute atomic E-state index is 14.0. The third-order valence-electron chi connectivity index (χ3n) is 6.00. The van der Waals surface area contributed by atoms with E-state index in [4.69, 9.17) is 33.7 Å². The smallest absolute Gasteiger partial charge is 0.459 e. The number of para-hydroxylation sites is 1. The molecule has 3 rings (SSSR count). The normalized spacial score (nSPS) is 16.0. The fourth-order valence-corrected chi connectivity index (χ4v) is 5.50. The van der Waals surface area contributed by atoms with Gasteiger partial charge in [-0.05, 0) is 31.2 Å². The highest BCUT2D eigenvalue weighted by Gasteiger charge is 2.52. The fourth-order valence-electron chi connectivity index (χ4n) is 3.98. The number of nitrogens with one attached hydrogen (secondary N) is 1. The number of hydrogen-bond donors (Lipinski definition) is 2. The van der Waals surface area contributed by atoms with Gasteiger partial charge in [0.15, 0.2) is 18.0 Å². The molecular formula is C26H31N6O10P. The molecule has 0 fully saturated rings. The van der Waals surface area contributed by atoms with E-state index in [0.29, 0.717) is 5.52 Å². The lowest BCUT2D eigenvalue weighted by atomic mass is 9.92. The summed E-state index contributed by atoms with van der Waals surface area (Å²) in [7, 11) is -2.25. The van der Waals surface area contributed by atoms with Crippen LogP contribution in [-0.4, -0.2) is 71.1 Å². The molecule has 0 aliphatic heterocycles. The molecule has 16 nitrogen and oxygen atoms in total. The number of ether oxygens (including phenoxy) is 4. The Morgan fingerprint density at radius 2 is 1.79 bits per heavy atom. The maximum atomic E-state index is 14.0. The van der Waals surface area contributed by atoms with Crippen molar-refractivity contribution in [2.24, 2.45) is 0 Å². The molecule has 2 heterocycles. The van der Waals surface area contributed by atoms with Crippen LogP contribution in [-0.2, 0) is 42.4 Å². The number of hydrogen-bond acceptors (Lipinski definition) is 14. The van der Waals surface area contributed by atoms with E-state index in [2.05, 4.69) is 15.2 Å². The predicted molar refractivity (Wildman–Crippen MR) is 148 cm³/mol. The predicted octanol–water partition coefficient (Wildman–Crippen LogP) is 2.11. The topological polar surface area (TPSA) is 216 Å². The molecule has 0 saturated carbocycles. The minimum atomic E-state index is -4.50. The van der Waals surface area contributed by atoms with E-state index >= 15 is 0 Å². The Bertz CT molecular complexity index is 1540. The molecule has 230 valence electrons. The summed E-state index contributed by atoms with van der Waals surface area (Å²) < 4.78 is 47.8. The molecule has 43 heavy (non-hydrogen) atoms. The molecule has 0 saturated heterocycles. The molecule has 0 amide bonds. The van der Waals surface area contributed by atoms with Gasteiger partial charge < -0.3 is 29.2 Å². The van der Waals surface area contributed by atoms with Crippen LogP contribution in [0.15, 0.2) is 48.8 Å². The first-order valence-corrected chi connectivity index (χ1v) is 14.2. The molecule has 1 aromatic carbocycles. The number of carbonyl (C=O) groups is 3. The Morgan fingerprint density at radius 1 is 1.12 bits per heavy atom. The summed E-state index contributed by atoms with van der Waals surface area (Å²) >= 11 is 0. The van der Waals surface area contributed by atoms with Crippen LogP contribution in [0.25, 0.3) is 5.52 Å². The van der Waals surface area contributed by atoms with Gasteiger partial charge in [0, 0.05) is 21.0 Å². The van der Waals surface area contributed by atoms with Crippen LogP contribution in [0.2, 0.25) is 0 Å². The number of benzene rings is 1. The minimum absolute atomic E-state index is 0.0956. The van der Waals surface area contributed by atoms with Gasteiger partial charge in [0.05, 0.1) is 12.8 Å². The number of carbonyl (C=O) groups excluding carboxylic acids is 3. The average molecular weight is 619 g/mol. The van der Waals surface area contributed by atoms with Gasteiger partial charge in [0.25, 0.3) is 0 Å². The molecule has 0 aliphatic carbocycles. The fraction of sp³-hybridized carbons (Fsp3) is 0.385. The van der Waals surface area contributed by atoms with Gasteiger partial charge in [-0.2, -0.15) is 15.4 Å². The number of rotatable bonds is 14. The van der Waals surface area contributed by atoms with Crippen molar-refractivity contribution in [1.29, 1.82) is 5.26 Å². The van der Waals surface area contributed by atoms with Crippen molar-refractivity contribution in [3.8, 4) is 11.8 Å². The third kappa shape index (κ3) is 7.85. The van der Waals surface area contributed by atoms with Crippen molar-refractivity contribution in [2.75, 3.05) is 26.6 Å². The van der Waals surface area contributed by atoms with E-state index in [1.807, 2.05) is 6.07 Å². The number of anilines is 1. The first-order chi connectivity index (χ1) is 20.4. The van der Waals surface area contributed by atoms with Crippen LogP contribution < -0.4 is 15.3 Å². The maximum Gasteiger partial charge on any atom is 0.459 e. The van der Waals surface area contributed by atoms with E-state index in [0.717, 1.165) is 34.4 Å². The third-order valence-corrected chi connectivity index (χ3v) is 7.62. The summed E-state index contributed by atoms with van der Waals surface area (Å²) in [5, 5.41) is 17.0. The van der Waals surface area contributed by atoms with Crippen molar-refractivity contribution >= 4 is 37.0 Å². The summed E-state index contributed by atoms with van der Waals surface area (Å²) in [5.41, 5.74) is 4.11. The van der Waals surface area contributed by atoms with Crippen LogP contribution >= 0.6 is 7.75 Å². The molecule has 3 N–H and O–H groups in total. The highest BCUT2D eigenvalue weighted by atomic mass is 31.2. The van der Waals surface area contributed by atoms with Crippen molar-refractivity contribution < 1.29 is 46.9 Å². The quantitative estimate of drug-likeness (QED) is 0.150. The first-order valence-electron chi connectivity index (χ1n) is 12.6. The summed E-state index contributed by atoms with van der Waals surface area (Å²) in [6, 6.07) is 11.6. The lowest BCUT2D eigenvalue weighted by Crippen LogP contribution is -2.53. The number of aromatic nitrogens is 3. The van der Waals surface area contributed by atoms with E-state index in [-0.39, 0.29) is 17.3 Å². The number of nitrogen functional groups attached to an aromatic ring is 1. The molecule has 0 spiro atoms. The second-order valence-electron chi connectivity index (χ2n) is 9.02. The van der Waals surface area contributed by atoms with Crippen LogP contribution in [0.1, 0.15) is 32.6 Å². The van der Waals surface area contributed by atoms with Crippen LogP contribution in [0.4, 0.5) is 5.82 Å². The molecule has 1 unspecified atom stereocenters. The number of esters is 3. The molecule has 3 aromatic rings. The van der Waals surface area contributed by atoms with Gasteiger partial charge in [-0.3, -0.25) is 18.9 Å². The van der Waals surface area contributed by atoms with Gasteiger partial charge in [-0.1, -0.05) is 18.2 Å². The SMILES string of the molecule is COC(=O)[C@H](C)NP(=O)(OC[C@@](C#N)(OC)[C@@H](OC(C)=O)[C@@H](OC(C)=O)c1ccc2c(N)ncnn12)Oc1ccccc1. The van der Waals surface area contributed by atoms with Crippen molar-refractivity contribution in [3.05, 3.63) is 54.5 Å². The summed E-state index contributed by atoms with van der Waals surface area (Å²) in [4.78, 5) is 40.7. The monoisotopic (exact) mass is 618 g/mol. The molecular weight excluding hydrogens is 587 g/mol. The standard InChI is InChI=1S/C26H31N6O10P/c1-16(25(35)37-4)31-43(36,42-19-9-7-6-8-10-19)39-14-26(13-27,38-5)23(41-18(3)34)22(40-17(2)33)20-11-12-21-24(28)29-15-30-32(20)21/h6-12,15-16,22-23H,14H2,1-5H3,(H,31,36)(H2,28,29,30)/t16-,22-,23-,26+,43?/m0/s1. The van der Waals surface area contributed by atoms with E-state index in [9.17, 15) is 24.2 Å². The molecule has 17 heteroatoms. The lowest BCUT2D eigenvalue weighted by Gasteiger charge is -2.37. The second kappa shape index (κ2) is 14.1. The largest absolute Gasteiger partial charge is 0.468 e. The highest BCUT2D eigenvalue weighted by Crippen LogP contribution is 2.47. The average Bonchev–Trinajstić information content (AvgIpc) is 3.41. The van der Waals surface area contributed by atoms with Crippen molar-refractivity contribution in [3.63, 3.8) is 0 Å². The van der Waals surface area contributed by atoms with E-state index < -0.39 is 56.1 Å². The Balaban J connectivity index is 2.10. The summed E-state index contributed by atoms with van der Waals surface area (Å²) in [5.74, 6) is -2.28. The van der Waals surface area contributed by atoms with Crippen LogP contribution in [0.3, 0.4) is 0 Å². The second-order valence-corrected chi connectivity index (χ2v) is 10.7. The van der Waals surface area contributed by atoms with Gasteiger partial charge in [0.1, 0.15) is 36.3 Å². The van der Waals surface area contributed by atoms with Gasteiger partial charge in [-0.25, -0.2) is 14.1 Å². The van der Waals surface area contributed by atoms with E-state index in [1.54, 1.807) is 18.2 Å². The zero-order chi connectivity index (χ0) is 31.8. The molecule has 0 aliphatic rings. The van der Waals surface area contributed by atoms with Gasteiger partial charge in [-0.15, -0.1) is 0 Å². The van der Waals surface area contributed by atoms with Gasteiger partial charge in [0.2, 0.25) is 5.60 Å². The number of fused-ring (bicyclic) bond motifs is 1. The zero-order valence-electron chi connectivity index (χ0n) is 24.0. The Labute approximate surface area is 246 Å². The van der Waals surface area contributed by atoms with Gasteiger partial charge >= 0.3 is 25.7 Å². The first kappa shape index (κ1) is 33.0. The molecule has 0 radical (unpaired) electrons. The van der Waals surface area contributed by atoms with Crippen LogP contribution in [0, 0.1) is 11.3 Å². The Morgan fingerprint density at radius 3 is 2.37 bits per heavy atom. The van der Waals surface area contributed by atoms with E-state index in [1.165, 1.54) is 35.7 Å². The number of nitriles is 1. The Kier molecular flexibility index (Phi) is 10.8. The molecule has 0 bridgehead atoms. The summed E-state index contributed by atoms with van der Waals surface area (Å²) in [6.07, 6.45) is -2.11. The van der Waals surface area contributed by atoms with Crippen molar-refractivity contribution in [2.45, 2.75) is 44.6 Å². The van der Waals surface area contributed by atoms with Crippen molar-refractivity contribution in [1.82, 2.24) is 19.7 Å². The van der Waals surface area contributed by atoms with Crippen LogP contribution in [0.5, 0.6) is 5.75 Å². The zero-order valence-corrected chi connectivity index (χ0v) is 24.8. The number of nitrogens with two attached hydrogens (primary N) is 1. The highest BCUT2D eigenvalue weighted by molar-refractivity contribution is 7.52. The summed E-state index contributed by atoms with van der Waals surface area (Å²) in [6.45, 7) is 2.64. The molecule has 5 atom stereocenters. The number of methoxy groups -OCH3 is 2. The molecule has 2 aromatic heterocycles. The minimum Gasteiger partial charge on any atom is -0.468 e. The lowest BCUT2D eigenvalue weighted by molar-refractivity contribution is -0.191. The number of nitrogens with zero attached hydrogens (tertiary/aromatic N) is 4. The Hall–Kier alpha value is -4.55.